The highest BCUT2D eigenvalue weighted by Gasteiger charge is 2.54. The van der Waals surface area contributed by atoms with Crippen molar-refractivity contribution in [2.75, 3.05) is 26.3 Å². The predicted molar refractivity (Wildman–Crippen MR) is 128 cm³/mol. The third-order valence-corrected chi connectivity index (χ3v) is 6.45. The van der Waals surface area contributed by atoms with Gasteiger partial charge in [-0.1, -0.05) is 32.4 Å². The second-order valence-electron chi connectivity index (χ2n) is 9.52. The molecule has 9 nitrogen and oxygen atoms in total. The molecule has 2 aliphatic heterocycles. The number of piperazine rings is 1. The normalized spacial score (nSPS) is 24.2. The first-order valence-electron chi connectivity index (χ1n) is 12.3. The summed E-state index contributed by atoms with van der Waals surface area (Å²) < 4.78 is 5.57. The third-order valence-electron chi connectivity index (χ3n) is 6.45. The van der Waals surface area contributed by atoms with Crippen molar-refractivity contribution in [1.82, 2.24) is 15.5 Å². The van der Waals surface area contributed by atoms with Crippen LogP contribution in [0.25, 0.3) is 0 Å². The fourth-order valence-corrected chi connectivity index (χ4v) is 4.92. The zero-order chi connectivity index (χ0) is 24.7. The van der Waals surface area contributed by atoms with Crippen molar-refractivity contribution in [3.63, 3.8) is 0 Å². The van der Waals surface area contributed by atoms with Gasteiger partial charge in [-0.25, -0.2) is 0 Å². The quantitative estimate of drug-likeness (QED) is 0.335. The number of nitrogens with one attached hydrogen (secondary N) is 2. The van der Waals surface area contributed by atoms with E-state index in [-0.39, 0.29) is 43.3 Å². The van der Waals surface area contributed by atoms with Crippen LogP contribution >= 0.6 is 0 Å². The van der Waals surface area contributed by atoms with Gasteiger partial charge in [0.1, 0.15) is 24.4 Å². The lowest BCUT2D eigenvalue weighted by Gasteiger charge is -2.39. The Balaban J connectivity index is 1.89. The molecule has 0 spiro atoms. The SMILES string of the molecule is CC(C)C[C@@H]1NC(=O)[C@@H]2C[C@H](C(=O)NCCCCCN)[C@H](c3cccc(OCCO)c3)N2C1=O. The van der Waals surface area contributed by atoms with Crippen LogP contribution in [0.4, 0.5) is 0 Å². The van der Waals surface area contributed by atoms with Crippen LogP contribution in [0, 0.1) is 11.8 Å². The fraction of sp³-hybridized carbons (Fsp3) is 0.640. The third kappa shape index (κ3) is 6.07. The van der Waals surface area contributed by atoms with Crippen LogP contribution in [0.5, 0.6) is 5.75 Å². The number of nitrogens with zero attached hydrogens (tertiary/aromatic N) is 1. The molecule has 0 aliphatic carbocycles. The van der Waals surface area contributed by atoms with Gasteiger partial charge in [0.05, 0.1) is 18.6 Å². The van der Waals surface area contributed by atoms with Crippen LogP contribution in [-0.4, -0.2) is 66.1 Å². The topological polar surface area (TPSA) is 134 Å². The van der Waals surface area contributed by atoms with Crippen molar-refractivity contribution < 1.29 is 24.2 Å². The monoisotopic (exact) mass is 474 g/mol. The highest BCUT2D eigenvalue weighted by molar-refractivity contribution is 5.99. The minimum Gasteiger partial charge on any atom is -0.491 e. The number of aliphatic hydroxyl groups is 1. The van der Waals surface area contributed by atoms with E-state index in [1.54, 1.807) is 23.1 Å². The van der Waals surface area contributed by atoms with Crippen molar-refractivity contribution in [2.45, 2.75) is 64.1 Å². The standard InChI is InChI=1S/C25H38N4O5/c1-16(2)13-20-25(33)29-21(24(32)28-20)15-19(23(31)27-10-5-3-4-9-26)22(29)17-7-6-8-18(14-17)34-12-11-30/h6-8,14,16,19-22,30H,3-5,9-13,15,26H2,1-2H3,(H,27,31)(H,28,32)/t19-,20-,21-,22-/m0/s1. The van der Waals surface area contributed by atoms with Crippen LogP contribution in [0.15, 0.2) is 24.3 Å². The summed E-state index contributed by atoms with van der Waals surface area (Å²) in [6.07, 6.45) is 3.48. The second-order valence-corrected chi connectivity index (χ2v) is 9.52. The second kappa shape index (κ2) is 12.2. The average Bonchev–Trinajstić information content (AvgIpc) is 3.22. The number of rotatable bonds is 12. The number of ether oxygens (including phenoxy) is 1. The summed E-state index contributed by atoms with van der Waals surface area (Å²) in [5.41, 5.74) is 6.29. The van der Waals surface area contributed by atoms with E-state index in [1.165, 1.54) is 0 Å². The van der Waals surface area contributed by atoms with Crippen molar-refractivity contribution in [1.29, 1.82) is 0 Å². The smallest absolute Gasteiger partial charge is 0.246 e. The molecule has 2 fully saturated rings. The van der Waals surface area contributed by atoms with Gasteiger partial charge in [0, 0.05) is 6.54 Å². The summed E-state index contributed by atoms with van der Waals surface area (Å²) in [6.45, 7) is 5.20. The Bertz CT molecular complexity index is 861. The molecule has 4 atom stereocenters. The van der Waals surface area contributed by atoms with Crippen molar-refractivity contribution >= 4 is 17.7 Å². The number of amides is 3. The molecule has 2 aliphatic rings. The maximum absolute atomic E-state index is 13.5. The minimum absolute atomic E-state index is 0.118. The molecule has 3 amide bonds. The van der Waals surface area contributed by atoms with Crippen LogP contribution in [0.3, 0.4) is 0 Å². The molecule has 5 N–H and O–H groups in total. The molecule has 9 heteroatoms. The van der Waals surface area contributed by atoms with Gasteiger partial charge in [-0.2, -0.15) is 0 Å². The van der Waals surface area contributed by atoms with Gasteiger partial charge in [0.15, 0.2) is 0 Å². The molecule has 1 aromatic rings. The number of nitrogens with two attached hydrogens (primary N) is 1. The highest BCUT2D eigenvalue weighted by Crippen LogP contribution is 2.44. The molecule has 2 heterocycles. The van der Waals surface area contributed by atoms with Crippen molar-refractivity contribution in [3.8, 4) is 5.75 Å². The van der Waals surface area contributed by atoms with E-state index in [2.05, 4.69) is 10.6 Å². The molecular weight excluding hydrogens is 436 g/mol. The maximum Gasteiger partial charge on any atom is 0.246 e. The molecule has 0 unspecified atom stereocenters. The number of fused-ring (bicyclic) bond motifs is 1. The summed E-state index contributed by atoms with van der Waals surface area (Å²) in [6, 6.07) is 5.37. The van der Waals surface area contributed by atoms with E-state index in [0.29, 0.717) is 25.3 Å². The van der Waals surface area contributed by atoms with Crippen LogP contribution in [0.2, 0.25) is 0 Å². The van der Waals surface area contributed by atoms with Gasteiger partial charge in [-0.15, -0.1) is 0 Å². The van der Waals surface area contributed by atoms with Gasteiger partial charge in [-0.3, -0.25) is 14.4 Å². The molecule has 188 valence electrons. The molecule has 0 saturated carbocycles. The van der Waals surface area contributed by atoms with E-state index in [9.17, 15) is 14.4 Å². The summed E-state index contributed by atoms with van der Waals surface area (Å²) in [5.74, 6) is -0.294. The van der Waals surface area contributed by atoms with Gasteiger partial charge >= 0.3 is 0 Å². The number of hydrogen-bond acceptors (Lipinski definition) is 6. The summed E-state index contributed by atoms with van der Waals surface area (Å²) >= 11 is 0. The van der Waals surface area contributed by atoms with E-state index >= 15 is 0 Å². The summed E-state index contributed by atoms with van der Waals surface area (Å²) in [7, 11) is 0. The van der Waals surface area contributed by atoms with Crippen LogP contribution in [0.1, 0.15) is 57.6 Å². The Morgan fingerprint density at radius 3 is 2.79 bits per heavy atom. The Labute approximate surface area is 201 Å². The van der Waals surface area contributed by atoms with Gasteiger partial charge in [0.2, 0.25) is 17.7 Å². The van der Waals surface area contributed by atoms with Crippen molar-refractivity contribution in [2.24, 2.45) is 17.6 Å². The number of carbonyl (C=O) groups is 3. The van der Waals surface area contributed by atoms with Crippen molar-refractivity contribution in [3.05, 3.63) is 29.8 Å². The number of aliphatic hydroxyl groups excluding tert-OH is 1. The molecule has 0 bridgehead atoms. The maximum atomic E-state index is 13.5. The van der Waals surface area contributed by atoms with E-state index in [0.717, 1.165) is 24.8 Å². The van der Waals surface area contributed by atoms with E-state index in [4.69, 9.17) is 15.6 Å². The molecule has 34 heavy (non-hydrogen) atoms. The number of benzene rings is 1. The number of unbranched alkanes of at least 4 members (excludes halogenated alkanes) is 2. The Hall–Kier alpha value is -2.65. The lowest BCUT2D eigenvalue weighted by atomic mass is 9.92. The minimum atomic E-state index is -0.684. The molecule has 0 aromatic heterocycles. The lowest BCUT2D eigenvalue weighted by Crippen LogP contribution is -2.61. The molecular formula is C25H38N4O5. The Morgan fingerprint density at radius 1 is 1.29 bits per heavy atom. The molecule has 3 rings (SSSR count). The number of carbonyl (C=O) groups excluding carboxylic acids is 3. The molecule has 2 saturated heterocycles. The molecule has 1 aromatic carbocycles. The zero-order valence-electron chi connectivity index (χ0n) is 20.2. The van der Waals surface area contributed by atoms with Crippen LogP contribution < -0.4 is 21.1 Å². The van der Waals surface area contributed by atoms with Gasteiger partial charge in [-0.05, 0) is 55.8 Å². The summed E-state index contributed by atoms with van der Waals surface area (Å²) in [4.78, 5) is 41.4. The predicted octanol–water partition coefficient (Wildman–Crippen LogP) is 1.11. The zero-order valence-corrected chi connectivity index (χ0v) is 20.2. The average molecular weight is 475 g/mol. The number of hydrogen-bond donors (Lipinski definition) is 4. The van der Waals surface area contributed by atoms with E-state index in [1.807, 2.05) is 19.9 Å². The first kappa shape index (κ1) is 26.0. The first-order valence-corrected chi connectivity index (χ1v) is 12.3. The Morgan fingerprint density at radius 2 is 2.09 bits per heavy atom. The lowest BCUT2D eigenvalue weighted by molar-refractivity contribution is -0.150. The molecule has 0 radical (unpaired) electrons. The summed E-state index contributed by atoms with van der Waals surface area (Å²) in [5, 5.41) is 15.0. The Kier molecular flexibility index (Phi) is 9.29. The largest absolute Gasteiger partial charge is 0.491 e. The van der Waals surface area contributed by atoms with Gasteiger partial charge in [0.25, 0.3) is 0 Å². The van der Waals surface area contributed by atoms with Crippen LogP contribution in [-0.2, 0) is 14.4 Å². The fourth-order valence-electron chi connectivity index (χ4n) is 4.92. The van der Waals surface area contributed by atoms with E-state index < -0.39 is 24.0 Å². The van der Waals surface area contributed by atoms with Gasteiger partial charge < -0.3 is 31.1 Å². The first-order chi connectivity index (χ1) is 16.4. The highest BCUT2D eigenvalue weighted by atomic mass is 16.5.